The SMILES string of the molecule is C=C(C)Cc1ccc2c(c1)OCO2. The molecule has 0 aliphatic carbocycles. The average molecular weight is 176 g/mol. The van der Waals surface area contributed by atoms with Gasteiger partial charge in [0.05, 0.1) is 0 Å². The van der Waals surface area contributed by atoms with Crippen molar-refractivity contribution < 1.29 is 9.47 Å². The van der Waals surface area contributed by atoms with Gasteiger partial charge in [-0.15, -0.1) is 0 Å². The molecular weight excluding hydrogens is 164 g/mol. The van der Waals surface area contributed by atoms with Crippen molar-refractivity contribution in [3.05, 3.63) is 35.9 Å². The molecule has 2 rings (SSSR count). The first-order valence-corrected chi connectivity index (χ1v) is 4.28. The summed E-state index contributed by atoms with van der Waals surface area (Å²) in [7, 11) is 0. The van der Waals surface area contributed by atoms with Gasteiger partial charge in [-0.3, -0.25) is 0 Å². The van der Waals surface area contributed by atoms with Crippen LogP contribution in [0.2, 0.25) is 0 Å². The first-order valence-electron chi connectivity index (χ1n) is 4.28. The van der Waals surface area contributed by atoms with Gasteiger partial charge in [-0.2, -0.15) is 0 Å². The maximum absolute atomic E-state index is 5.27. The highest BCUT2D eigenvalue weighted by atomic mass is 16.7. The van der Waals surface area contributed by atoms with E-state index in [1.165, 1.54) is 5.56 Å². The third kappa shape index (κ3) is 1.66. The number of ether oxygens (including phenoxy) is 2. The van der Waals surface area contributed by atoms with Gasteiger partial charge < -0.3 is 9.47 Å². The van der Waals surface area contributed by atoms with E-state index in [0.717, 1.165) is 23.5 Å². The summed E-state index contributed by atoms with van der Waals surface area (Å²) < 4.78 is 10.5. The lowest BCUT2D eigenvalue weighted by atomic mass is 10.1. The van der Waals surface area contributed by atoms with Crippen LogP contribution in [-0.4, -0.2) is 6.79 Å². The number of allylic oxidation sites excluding steroid dienone is 1. The van der Waals surface area contributed by atoms with Crippen molar-refractivity contribution in [1.82, 2.24) is 0 Å². The molecule has 0 saturated heterocycles. The molecular formula is C11H12O2. The van der Waals surface area contributed by atoms with Gasteiger partial charge >= 0.3 is 0 Å². The zero-order valence-corrected chi connectivity index (χ0v) is 7.67. The van der Waals surface area contributed by atoms with Gasteiger partial charge in [0.25, 0.3) is 0 Å². The molecule has 0 saturated carbocycles. The normalized spacial score (nSPS) is 13.0. The summed E-state index contributed by atoms with van der Waals surface area (Å²) >= 11 is 0. The molecule has 68 valence electrons. The van der Waals surface area contributed by atoms with E-state index < -0.39 is 0 Å². The fraction of sp³-hybridized carbons (Fsp3) is 0.273. The molecule has 0 N–H and O–H groups in total. The number of benzene rings is 1. The molecule has 2 heteroatoms. The molecule has 0 aromatic heterocycles. The van der Waals surface area contributed by atoms with Crippen molar-refractivity contribution in [3.8, 4) is 11.5 Å². The van der Waals surface area contributed by atoms with Crippen LogP contribution in [-0.2, 0) is 6.42 Å². The molecule has 0 atom stereocenters. The second kappa shape index (κ2) is 3.13. The standard InChI is InChI=1S/C11H12O2/c1-8(2)5-9-3-4-10-11(6-9)13-7-12-10/h3-4,6H,1,5,7H2,2H3. The molecule has 1 aromatic carbocycles. The van der Waals surface area contributed by atoms with E-state index >= 15 is 0 Å². The average Bonchev–Trinajstić information content (AvgIpc) is 2.49. The van der Waals surface area contributed by atoms with Crippen LogP contribution in [0.4, 0.5) is 0 Å². The molecule has 2 nitrogen and oxygen atoms in total. The van der Waals surface area contributed by atoms with E-state index in [1.54, 1.807) is 0 Å². The highest BCUT2D eigenvalue weighted by Crippen LogP contribution is 2.32. The van der Waals surface area contributed by atoms with Crippen LogP contribution in [0.15, 0.2) is 30.4 Å². The zero-order chi connectivity index (χ0) is 9.26. The molecule has 0 bridgehead atoms. The molecule has 0 radical (unpaired) electrons. The Balaban J connectivity index is 2.25. The summed E-state index contributed by atoms with van der Waals surface area (Å²) in [5.74, 6) is 1.68. The van der Waals surface area contributed by atoms with Crippen LogP contribution in [0.3, 0.4) is 0 Å². The molecule has 0 amide bonds. The van der Waals surface area contributed by atoms with Crippen LogP contribution in [0.5, 0.6) is 11.5 Å². The van der Waals surface area contributed by atoms with Crippen LogP contribution in [0.1, 0.15) is 12.5 Å². The highest BCUT2D eigenvalue weighted by molar-refractivity contribution is 5.45. The fourth-order valence-electron chi connectivity index (χ4n) is 1.40. The molecule has 1 aliphatic rings. The van der Waals surface area contributed by atoms with Gasteiger partial charge in [0.15, 0.2) is 11.5 Å². The van der Waals surface area contributed by atoms with Crippen molar-refractivity contribution in [2.24, 2.45) is 0 Å². The third-order valence-electron chi connectivity index (χ3n) is 1.94. The topological polar surface area (TPSA) is 18.5 Å². The molecule has 0 fully saturated rings. The van der Waals surface area contributed by atoms with E-state index in [2.05, 4.69) is 6.58 Å². The molecule has 1 aliphatic heterocycles. The minimum absolute atomic E-state index is 0.339. The van der Waals surface area contributed by atoms with Crippen LogP contribution < -0.4 is 9.47 Å². The number of hydrogen-bond donors (Lipinski definition) is 0. The Bertz CT molecular complexity index is 342. The Morgan fingerprint density at radius 2 is 2.15 bits per heavy atom. The van der Waals surface area contributed by atoms with Crippen molar-refractivity contribution in [3.63, 3.8) is 0 Å². The van der Waals surface area contributed by atoms with E-state index in [0.29, 0.717) is 6.79 Å². The van der Waals surface area contributed by atoms with E-state index in [9.17, 15) is 0 Å². The molecule has 1 aromatic rings. The van der Waals surface area contributed by atoms with Gasteiger partial charge in [-0.05, 0) is 31.0 Å². The predicted octanol–water partition coefficient (Wildman–Crippen LogP) is 2.53. The Morgan fingerprint density at radius 3 is 2.92 bits per heavy atom. The van der Waals surface area contributed by atoms with E-state index in [-0.39, 0.29) is 0 Å². The van der Waals surface area contributed by atoms with Gasteiger partial charge in [0.1, 0.15) is 0 Å². The lowest BCUT2D eigenvalue weighted by molar-refractivity contribution is 0.174. The quantitative estimate of drug-likeness (QED) is 0.645. The zero-order valence-electron chi connectivity index (χ0n) is 7.67. The van der Waals surface area contributed by atoms with Crippen molar-refractivity contribution in [1.29, 1.82) is 0 Å². The first kappa shape index (κ1) is 8.17. The number of rotatable bonds is 2. The van der Waals surface area contributed by atoms with E-state index in [1.807, 2.05) is 25.1 Å². The van der Waals surface area contributed by atoms with Crippen molar-refractivity contribution >= 4 is 0 Å². The fourth-order valence-corrected chi connectivity index (χ4v) is 1.40. The molecule has 1 heterocycles. The lowest BCUT2D eigenvalue weighted by Crippen LogP contribution is -1.92. The summed E-state index contributed by atoms with van der Waals surface area (Å²) in [5.41, 5.74) is 2.37. The summed E-state index contributed by atoms with van der Waals surface area (Å²) in [6.45, 7) is 6.23. The van der Waals surface area contributed by atoms with Crippen LogP contribution in [0, 0.1) is 0 Å². The number of fused-ring (bicyclic) bond motifs is 1. The molecule has 0 unspecified atom stereocenters. The van der Waals surface area contributed by atoms with Gasteiger partial charge in [-0.1, -0.05) is 18.2 Å². The minimum Gasteiger partial charge on any atom is -0.454 e. The molecule has 0 spiro atoms. The second-order valence-corrected chi connectivity index (χ2v) is 3.32. The minimum atomic E-state index is 0.339. The lowest BCUT2D eigenvalue weighted by Gasteiger charge is -2.01. The summed E-state index contributed by atoms with van der Waals surface area (Å²) in [6.07, 6.45) is 0.899. The second-order valence-electron chi connectivity index (χ2n) is 3.32. The Hall–Kier alpha value is -1.44. The largest absolute Gasteiger partial charge is 0.454 e. The van der Waals surface area contributed by atoms with Crippen LogP contribution in [0.25, 0.3) is 0 Å². The predicted molar refractivity (Wildman–Crippen MR) is 51.1 cm³/mol. The maximum Gasteiger partial charge on any atom is 0.231 e. The Morgan fingerprint density at radius 1 is 1.38 bits per heavy atom. The van der Waals surface area contributed by atoms with Crippen molar-refractivity contribution in [2.45, 2.75) is 13.3 Å². The molecule has 13 heavy (non-hydrogen) atoms. The summed E-state index contributed by atoms with van der Waals surface area (Å²) in [6, 6.07) is 6.00. The number of hydrogen-bond acceptors (Lipinski definition) is 2. The van der Waals surface area contributed by atoms with E-state index in [4.69, 9.17) is 9.47 Å². The van der Waals surface area contributed by atoms with Crippen LogP contribution >= 0.6 is 0 Å². The monoisotopic (exact) mass is 176 g/mol. The van der Waals surface area contributed by atoms with Gasteiger partial charge in [0, 0.05) is 0 Å². The Kier molecular flexibility index (Phi) is 1.97. The van der Waals surface area contributed by atoms with Gasteiger partial charge in [0.2, 0.25) is 6.79 Å². The summed E-state index contributed by atoms with van der Waals surface area (Å²) in [4.78, 5) is 0. The Labute approximate surface area is 77.8 Å². The van der Waals surface area contributed by atoms with Crippen molar-refractivity contribution in [2.75, 3.05) is 6.79 Å². The van der Waals surface area contributed by atoms with Gasteiger partial charge in [-0.25, -0.2) is 0 Å². The maximum atomic E-state index is 5.27. The summed E-state index contributed by atoms with van der Waals surface area (Å²) in [5, 5.41) is 0. The first-order chi connectivity index (χ1) is 6.25. The highest BCUT2D eigenvalue weighted by Gasteiger charge is 2.12. The smallest absolute Gasteiger partial charge is 0.231 e. The third-order valence-corrected chi connectivity index (χ3v) is 1.94.